The zero-order valence-electron chi connectivity index (χ0n) is 18.4. The highest BCUT2D eigenvalue weighted by atomic mass is 16.5. The third-order valence-corrected chi connectivity index (χ3v) is 5.02. The second kappa shape index (κ2) is 9.51. The fourth-order valence-corrected chi connectivity index (χ4v) is 3.57. The molecule has 0 radical (unpaired) electrons. The molecule has 1 N–H and O–H groups in total. The molecule has 1 atom stereocenters. The average Bonchev–Trinajstić information content (AvgIpc) is 3.27. The largest absolute Gasteiger partial charge is 0.463 e. The van der Waals surface area contributed by atoms with Crippen molar-refractivity contribution in [3.8, 4) is 11.5 Å². The lowest BCUT2D eigenvalue weighted by Crippen LogP contribution is -2.30. The van der Waals surface area contributed by atoms with Crippen LogP contribution in [0.3, 0.4) is 0 Å². The molecule has 0 fully saturated rings. The highest BCUT2D eigenvalue weighted by Gasteiger charge is 2.36. The van der Waals surface area contributed by atoms with Gasteiger partial charge < -0.3 is 19.5 Å². The molecular formula is C23H23N5O5. The van der Waals surface area contributed by atoms with E-state index in [-0.39, 0.29) is 6.61 Å². The van der Waals surface area contributed by atoms with E-state index in [1.807, 2.05) is 18.2 Å². The van der Waals surface area contributed by atoms with E-state index in [1.54, 1.807) is 51.1 Å². The summed E-state index contributed by atoms with van der Waals surface area (Å²) in [5.41, 5.74) is 2.07. The zero-order chi connectivity index (χ0) is 23.4. The Hall–Kier alpha value is -4.21. The standard InChI is InChI=1S/C23H23N5O5/c1-4-31-21(29)15-10-12-16(13-11-15)33-18-9-7-6-8-17(18)20-19(22(30)32-5-2)14(3)24-23-25-26-27-28(20)23/h6-13,20H,4-5H2,1-3H3,(H,24,25,27). The van der Waals surface area contributed by atoms with Crippen LogP contribution in [0.5, 0.6) is 11.5 Å². The number of ether oxygens (including phenoxy) is 3. The highest BCUT2D eigenvalue weighted by molar-refractivity contribution is 5.92. The fraction of sp³-hybridized carbons (Fsp3) is 0.261. The van der Waals surface area contributed by atoms with E-state index in [0.717, 1.165) is 0 Å². The number of anilines is 1. The molecule has 3 aromatic rings. The summed E-state index contributed by atoms with van der Waals surface area (Å²) in [7, 11) is 0. The minimum absolute atomic E-state index is 0.232. The van der Waals surface area contributed by atoms with Crippen molar-refractivity contribution >= 4 is 17.9 Å². The van der Waals surface area contributed by atoms with Crippen LogP contribution < -0.4 is 10.1 Å². The Morgan fingerprint density at radius 2 is 1.70 bits per heavy atom. The number of benzene rings is 2. The molecule has 0 saturated carbocycles. The molecule has 0 spiro atoms. The van der Waals surface area contributed by atoms with Gasteiger partial charge in [0.1, 0.15) is 17.5 Å². The van der Waals surface area contributed by atoms with Gasteiger partial charge in [-0.05, 0) is 61.5 Å². The molecule has 4 rings (SSSR count). The van der Waals surface area contributed by atoms with Gasteiger partial charge in [-0.25, -0.2) is 9.59 Å². The molecule has 0 amide bonds. The third-order valence-electron chi connectivity index (χ3n) is 5.02. The first-order valence-electron chi connectivity index (χ1n) is 10.5. The van der Waals surface area contributed by atoms with Gasteiger partial charge in [0.15, 0.2) is 0 Å². The maximum absolute atomic E-state index is 12.9. The molecule has 0 aliphatic carbocycles. The van der Waals surface area contributed by atoms with Crippen molar-refractivity contribution in [1.29, 1.82) is 0 Å². The van der Waals surface area contributed by atoms with E-state index in [2.05, 4.69) is 20.8 Å². The Morgan fingerprint density at radius 1 is 1.00 bits per heavy atom. The topological polar surface area (TPSA) is 117 Å². The van der Waals surface area contributed by atoms with Crippen molar-refractivity contribution in [2.45, 2.75) is 26.8 Å². The van der Waals surface area contributed by atoms with E-state index in [9.17, 15) is 9.59 Å². The number of nitrogens with one attached hydrogen (secondary N) is 1. The number of hydrogen-bond acceptors (Lipinski definition) is 9. The number of fused-ring (bicyclic) bond motifs is 1. The second-order valence-electron chi connectivity index (χ2n) is 7.12. The van der Waals surface area contributed by atoms with Gasteiger partial charge in [0.2, 0.25) is 5.95 Å². The van der Waals surface area contributed by atoms with E-state index >= 15 is 0 Å². The number of esters is 2. The maximum atomic E-state index is 12.9. The van der Waals surface area contributed by atoms with E-state index in [0.29, 0.717) is 46.5 Å². The highest BCUT2D eigenvalue weighted by Crippen LogP contribution is 2.40. The molecule has 2 aromatic carbocycles. The predicted molar refractivity (Wildman–Crippen MR) is 118 cm³/mol. The molecular weight excluding hydrogens is 426 g/mol. The first-order valence-corrected chi connectivity index (χ1v) is 10.5. The van der Waals surface area contributed by atoms with Crippen molar-refractivity contribution in [1.82, 2.24) is 20.2 Å². The first kappa shape index (κ1) is 22.0. The van der Waals surface area contributed by atoms with Crippen LogP contribution in [0, 0.1) is 0 Å². The van der Waals surface area contributed by atoms with Crippen molar-refractivity contribution in [2.24, 2.45) is 0 Å². The van der Waals surface area contributed by atoms with E-state index < -0.39 is 18.0 Å². The Kier molecular flexibility index (Phi) is 6.34. The van der Waals surface area contributed by atoms with E-state index in [4.69, 9.17) is 14.2 Å². The Morgan fingerprint density at radius 3 is 2.42 bits per heavy atom. The number of hydrogen-bond donors (Lipinski definition) is 1. The van der Waals surface area contributed by atoms with Gasteiger partial charge in [0, 0.05) is 11.3 Å². The van der Waals surface area contributed by atoms with Gasteiger partial charge in [0.05, 0.1) is 24.4 Å². The van der Waals surface area contributed by atoms with Crippen LogP contribution in [0.2, 0.25) is 0 Å². The molecule has 1 aliphatic heterocycles. The number of aromatic nitrogens is 4. The summed E-state index contributed by atoms with van der Waals surface area (Å²) in [5.74, 6) is 0.551. The number of carbonyl (C=O) groups excluding carboxylic acids is 2. The second-order valence-corrected chi connectivity index (χ2v) is 7.12. The lowest BCUT2D eigenvalue weighted by molar-refractivity contribution is -0.139. The Labute approximate surface area is 190 Å². The minimum Gasteiger partial charge on any atom is -0.463 e. The molecule has 0 saturated heterocycles. The van der Waals surface area contributed by atoms with E-state index in [1.165, 1.54) is 4.68 Å². The van der Waals surface area contributed by atoms with Crippen LogP contribution >= 0.6 is 0 Å². The van der Waals surface area contributed by atoms with Crippen molar-refractivity contribution in [2.75, 3.05) is 18.5 Å². The van der Waals surface area contributed by atoms with Crippen LogP contribution in [0.1, 0.15) is 42.7 Å². The minimum atomic E-state index is -0.662. The molecule has 1 aliphatic rings. The molecule has 1 unspecified atom stereocenters. The SMILES string of the molecule is CCOC(=O)C1=C(C)Nc2nnnn2C1c1ccccc1Oc1ccc(C(=O)OCC)cc1. The lowest BCUT2D eigenvalue weighted by Gasteiger charge is -2.28. The Bertz CT molecular complexity index is 1200. The van der Waals surface area contributed by atoms with Gasteiger partial charge in [-0.3, -0.25) is 0 Å². The molecule has 1 aromatic heterocycles. The molecule has 0 bridgehead atoms. The molecule has 170 valence electrons. The van der Waals surface area contributed by atoms with Crippen molar-refractivity contribution in [3.05, 3.63) is 70.9 Å². The summed E-state index contributed by atoms with van der Waals surface area (Å²) >= 11 is 0. The normalized spacial score (nSPS) is 14.8. The number of tetrazole rings is 1. The smallest absolute Gasteiger partial charge is 0.338 e. The summed E-state index contributed by atoms with van der Waals surface area (Å²) < 4.78 is 18.0. The number of carbonyl (C=O) groups is 2. The molecule has 2 heterocycles. The lowest BCUT2D eigenvalue weighted by atomic mass is 9.95. The van der Waals surface area contributed by atoms with Gasteiger partial charge in [-0.15, -0.1) is 0 Å². The van der Waals surface area contributed by atoms with Gasteiger partial charge >= 0.3 is 11.9 Å². The quantitative estimate of drug-likeness (QED) is 0.541. The monoisotopic (exact) mass is 449 g/mol. The fourth-order valence-electron chi connectivity index (χ4n) is 3.57. The van der Waals surface area contributed by atoms with Crippen LogP contribution in [0.4, 0.5) is 5.95 Å². The Balaban J connectivity index is 1.72. The summed E-state index contributed by atoms with van der Waals surface area (Å²) in [6.07, 6.45) is 0. The van der Waals surface area contributed by atoms with Gasteiger partial charge in [-0.2, -0.15) is 4.68 Å². The summed E-state index contributed by atoms with van der Waals surface area (Å²) in [6, 6.07) is 13.3. The van der Waals surface area contributed by atoms with Crippen LogP contribution in [-0.4, -0.2) is 45.4 Å². The molecule has 10 heteroatoms. The number of allylic oxidation sites excluding steroid dienone is 1. The summed E-state index contributed by atoms with van der Waals surface area (Å²) in [5, 5.41) is 14.9. The number of nitrogens with zero attached hydrogens (tertiary/aromatic N) is 4. The van der Waals surface area contributed by atoms with Crippen LogP contribution in [-0.2, 0) is 14.3 Å². The predicted octanol–water partition coefficient (Wildman–Crippen LogP) is 3.49. The summed E-state index contributed by atoms with van der Waals surface area (Å²) in [6.45, 7) is 5.81. The molecule has 10 nitrogen and oxygen atoms in total. The molecule has 33 heavy (non-hydrogen) atoms. The number of para-hydroxylation sites is 1. The zero-order valence-corrected chi connectivity index (χ0v) is 18.4. The average molecular weight is 449 g/mol. The van der Waals surface area contributed by atoms with Crippen LogP contribution in [0.15, 0.2) is 59.8 Å². The number of rotatable bonds is 7. The van der Waals surface area contributed by atoms with Crippen molar-refractivity contribution < 1.29 is 23.8 Å². The maximum Gasteiger partial charge on any atom is 0.338 e. The third kappa shape index (κ3) is 4.40. The van der Waals surface area contributed by atoms with Gasteiger partial charge in [-0.1, -0.05) is 23.3 Å². The summed E-state index contributed by atoms with van der Waals surface area (Å²) in [4.78, 5) is 24.8. The van der Waals surface area contributed by atoms with Crippen molar-refractivity contribution in [3.63, 3.8) is 0 Å². The first-order chi connectivity index (χ1) is 16.0. The van der Waals surface area contributed by atoms with Gasteiger partial charge in [0.25, 0.3) is 0 Å². The van der Waals surface area contributed by atoms with Crippen LogP contribution in [0.25, 0.3) is 0 Å².